The maximum atomic E-state index is 12.3. The Hall–Kier alpha value is -1.07. The molecule has 82 valence electrons. The Labute approximate surface area is 89.0 Å². The van der Waals surface area contributed by atoms with E-state index in [1.54, 1.807) is 0 Å². The lowest BCUT2D eigenvalue weighted by Crippen LogP contribution is -2.08. The average Bonchev–Trinajstić information content (AvgIpc) is 2.12. The van der Waals surface area contributed by atoms with Gasteiger partial charge in [0.25, 0.3) is 0 Å². The fourth-order valence-electron chi connectivity index (χ4n) is 0.947. The summed E-state index contributed by atoms with van der Waals surface area (Å²) in [5.41, 5.74) is -0.802. The molecule has 1 heterocycles. The topological polar surface area (TPSA) is 33.1 Å². The second-order valence-electron chi connectivity index (χ2n) is 2.69. The van der Waals surface area contributed by atoms with Gasteiger partial charge in [0, 0.05) is 0 Å². The molecular formula is C9H7ClF3NO. The van der Waals surface area contributed by atoms with Crippen LogP contribution < -0.4 is 0 Å². The van der Waals surface area contributed by atoms with Gasteiger partial charge in [-0.1, -0.05) is 23.8 Å². The third-order valence-corrected chi connectivity index (χ3v) is 1.72. The number of halogens is 4. The lowest BCUT2D eigenvalue weighted by molar-refractivity contribution is -0.141. The number of hydrogen-bond donors (Lipinski definition) is 1. The number of aliphatic hydroxyl groups excluding tert-OH is 1. The van der Waals surface area contributed by atoms with Crippen LogP contribution in [0.3, 0.4) is 0 Å². The first-order valence-corrected chi connectivity index (χ1v) is 4.33. The fourth-order valence-corrected chi connectivity index (χ4v) is 1.16. The van der Waals surface area contributed by atoms with E-state index in [0.717, 1.165) is 6.07 Å². The van der Waals surface area contributed by atoms with Crippen LogP contribution in [-0.2, 0) is 6.18 Å². The van der Waals surface area contributed by atoms with Gasteiger partial charge in [-0.05, 0) is 17.7 Å². The SMILES string of the molecule is OCC=Cc1cc(Cl)nc(C(F)(F)F)c1. The molecule has 0 saturated heterocycles. The summed E-state index contributed by atoms with van der Waals surface area (Å²) in [6.07, 6.45) is -1.87. The molecule has 1 N–H and O–H groups in total. The average molecular weight is 238 g/mol. The van der Waals surface area contributed by atoms with Crippen molar-refractivity contribution in [2.75, 3.05) is 6.61 Å². The molecule has 0 aliphatic carbocycles. The Kier molecular flexibility index (Phi) is 3.71. The number of rotatable bonds is 2. The van der Waals surface area contributed by atoms with Gasteiger partial charge >= 0.3 is 6.18 Å². The summed E-state index contributed by atoms with van der Waals surface area (Å²) in [6, 6.07) is 2.14. The Morgan fingerprint density at radius 1 is 1.40 bits per heavy atom. The number of nitrogens with zero attached hydrogens (tertiary/aromatic N) is 1. The van der Waals surface area contributed by atoms with Crippen molar-refractivity contribution in [2.45, 2.75) is 6.18 Å². The van der Waals surface area contributed by atoms with Crippen LogP contribution >= 0.6 is 11.6 Å². The molecule has 6 heteroatoms. The largest absolute Gasteiger partial charge is 0.433 e. The predicted octanol–water partition coefficient (Wildman–Crippen LogP) is 2.76. The van der Waals surface area contributed by atoms with Gasteiger partial charge in [-0.15, -0.1) is 0 Å². The number of aromatic nitrogens is 1. The van der Waals surface area contributed by atoms with Crippen molar-refractivity contribution in [3.63, 3.8) is 0 Å². The second kappa shape index (κ2) is 4.63. The monoisotopic (exact) mass is 237 g/mol. The molecule has 2 nitrogen and oxygen atoms in total. The molecule has 0 aliphatic rings. The van der Waals surface area contributed by atoms with Crippen molar-refractivity contribution < 1.29 is 18.3 Å². The van der Waals surface area contributed by atoms with E-state index in [-0.39, 0.29) is 17.3 Å². The van der Waals surface area contributed by atoms with Gasteiger partial charge < -0.3 is 5.11 Å². The summed E-state index contributed by atoms with van der Waals surface area (Å²) in [5.74, 6) is 0. The summed E-state index contributed by atoms with van der Waals surface area (Å²) in [6.45, 7) is -0.249. The van der Waals surface area contributed by atoms with Gasteiger partial charge in [-0.2, -0.15) is 13.2 Å². The highest BCUT2D eigenvalue weighted by Gasteiger charge is 2.32. The maximum Gasteiger partial charge on any atom is 0.433 e. The lowest BCUT2D eigenvalue weighted by atomic mass is 10.2. The molecule has 0 saturated carbocycles. The molecule has 15 heavy (non-hydrogen) atoms. The zero-order valence-electron chi connectivity index (χ0n) is 7.42. The first-order valence-electron chi connectivity index (χ1n) is 3.95. The highest BCUT2D eigenvalue weighted by atomic mass is 35.5. The van der Waals surface area contributed by atoms with E-state index in [0.29, 0.717) is 0 Å². The van der Waals surface area contributed by atoms with Crippen molar-refractivity contribution in [2.24, 2.45) is 0 Å². The second-order valence-corrected chi connectivity index (χ2v) is 3.08. The highest BCUT2D eigenvalue weighted by molar-refractivity contribution is 6.29. The lowest BCUT2D eigenvalue weighted by Gasteiger charge is -2.06. The molecule has 0 atom stereocenters. The number of aliphatic hydroxyl groups is 1. The van der Waals surface area contributed by atoms with E-state index in [1.165, 1.54) is 18.2 Å². The van der Waals surface area contributed by atoms with Crippen LogP contribution in [-0.4, -0.2) is 16.7 Å². The first-order chi connectivity index (χ1) is 6.93. The molecule has 1 aromatic heterocycles. The van der Waals surface area contributed by atoms with E-state index in [4.69, 9.17) is 16.7 Å². The van der Waals surface area contributed by atoms with Gasteiger partial charge in [0.2, 0.25) is 0 Å². The van der Waals surface area contributed by atoms with Crippen molar-refractivity contribution in [1.29, 1.82) is 0 Å². The molecule has 0 bridgehead atoms. The Morgan fingerprint density at radius 3 is 2.60 bits per heavy atom. The third-order valence-electron chi connectivity index (χ3n) is 1.52. The highest BCUT2D eigenvalue weighted by Crippen LogP contribution is 2.29. The minimum absolute atomic E-state index is 0.234. The first kappa shape index (κ1) is 12.0. The van der Waals surface area contributed by atoms with E-state index >= 15 is 0 Å². The molecule has 0 aliphatic heterocycles. The van der Waals surface area contributed by atoms with Crippen LogP contribution in [0, 0.1) is 0 Å². The van der Waals surface area contributed by atoms with Crippen molar-refractivity contribution in [3.05, 3.63) is 34.6 Å². The zero-order valence-corrected chi connectivity index (χ0v) is 8.18. The van der Waals surface area contributed by atoms with Crippen LogP contribution in [0.5, 0.6) is 0 Å². The van der Waals surface area contributed by atoms with Gasteiger partial charge in [0.05, 0.1) is 6.61 Å². The zero-order chi connectivity index (χ0) is 11.5. The summed E-state index contributed by atoms with van der Waals surface area (Å²) < 4.78 is 36.8. The third kappa shape index (κ3) is 3.53. The molecule has 0 amide bonds. The molecule has 0 spiro atoms. The van der Waals surface area contributed by atoms with E-state index in [9.17, 15) is 13.2 Å². The maximum absolute atomic E-state index is 12.3. The molecule has 1 rings (SSSR count). The quantitative estimate of drug-likeness (QED) is 0.803. The van der Waals surface area contributed by atoms with E-state index < -0.39 is 11.9 Å². The van der Waals surface area contributed by atoms with Gasteiger partial charge in [-0.3, -0.25) is 0 Å². The molecule has 1 aromatic rings. The number of hydrogen-bond acceptors (Lipinski definition) is 2. The standard InChI is InChI=1S/C9H7ClF3NO/c10-8-5-6(2-1-3-15)4-7(14-8)9(11,12)13/h1-2,4-5,15H,3H2. The van der Waals surface area contributed by atoms with E-state index in [2.05, 4.69) is 4.98 Å². The molecule has 0 radical (unpaired) electrons. The molecule has 0 unspecified atom stereocenters. The minimum Gasteiger partial charge on any atom is -0.392 e. The molecular weight excluding hydrogens is 231 g/mol. The summed E-state index contributed by atoms with van der Waals surface area (Å²) in [4.78, 5) is 3.16. The van der Waals surface area contributed by atoms with Crippen LogP contribution in [0.1, 0.15) is 11.3 Å². The Balaban J connectivity index is 3.11. The number of alkyl halides is 3. The van der Waals surface area contributed by atoms with Crippen molar-refractivity contribution in [3.8, 4) is 0 Å². The Morgan fingerprint density at radius 2 is 2.07 bits per heavy atom. The van der Waals surface area contributed by atoms with Gasteiger partial charge in [0.1, 0.15) is 10.8 Å². The smallest absolute Gasteiger partial charge is 0.392 e. The van der Waals surface area contributed by atoms with E-state index in [1.807, 2.05) is 0 Å². The van der Waals surface area contributed by atoms with Crippen LogP contribution in [0.25, 0.3) is 6.08 Å². The van der Waals surface area contributed by atoms with Gasteiger partial charge in [0.15, 0.2) is 0 Å². The summed E-state index contributed by atoms with van der Waals surface area (Å²) in [7, 11) is 0. The van der Waals surface area contributed by atoms with Crippen LogP contribution in [0.2, 0.25) is 5.15 Å². The van der Waals surface area contributed by atoms with Gasteiger partial charge in [-0.25, -0.2) is 4.98 Å². The Bertz CT molecular complexity index is 376. The summed E-state index contributed by atoms with van der Waals surface area (Å²) in [5, 5.41) is 8.23. The fraction of sp³-hybridized carbons (Fsp3) is 0.222. The van der Waals surface area contributed by atoms with Crippen LogP contribution in [0.15, 0.2) is 18.2 Å². The predicted molar refractivity (Wildman–Crippen MR) is 50.4 cm³/mol. The summed E-state index contributed by atoms with van der Waals surface area (Å²) >= 11 is 5.43. The number of pyridine rings is 1. The normalized spacial score (nSPS) is 12.3. The van der Waals surface area contributed by atoms with Crippen molar-refractivity contribution in [1.82, 2.24) is 4.98 Å². The minimum atomic E-state index is -4.52. The van der Waals surface area contributed by atoms with Crippen LogP contribution in [0.4, 0.5) is 13.2 Å². The van der Waals surface area contributed by atoms with Crippen molar-refractivity contribution >= 4 is 17.7 Å². The molecule has 0 fully saturated rings. The molecule has 0 aromatic carbocycles.